The molecule has 0 aromatic heterocycles. The molecule has 0 aliphatic carbocycles. The van der Waals surface area contributed by atoms with Gasteiger partial charge in [0.05, 0.1) is 6.61 Å². The van der Waals surface area contributed by atoms with E-state index in [0.717, 1.165) is 30.1 Å². The number of nitrogens with one attached hydrogen (secondary N) is 2. The van der Waals surface area contributed by atoms with Gasteiger partial charge in [-0.25, -0.2) is 0 Å². The Bertz CT molecular complexity index is 609. The van der Waals surface area contributed by atoms with Gasteiger partial charge in [-0.3, -0.25) is 4.79 Å². The highest BCUT2D eigenvalue weighted by molar-refractivity contribution is 6.04. The van der Waals surface area contributed by atoms with Crippen LogP contribution in [0.1, 0.15) is 29.8 Å². The molecule has 0 saturated heterocycles. The lowest BCUT2D eigenvalue weighted by molar-refractivity contribution is 0.102. The maximum atomic E-state index is 12.3. The molecule has 0 radical (unpaired) electrons. The van der Waals surface area contributed by atoms with E-state index in [1.165, 1.54) is 0 Å². The van der Waals surface area contributed by atoms with Crippen molar-refractivity contribution in [2.45, 2.75) is 20.4 Å². The first-order chi connectivity index (χ1) is 10.7. The second-order valence-corrected chi connectivity index (χ2v) is 4.85. The van der Waals surface area contributed by atoms with Gasteiger partial charge in [-0.2, -0.15) is 0 Å². The summed E-state index contributed by atoms with van der Waals surface area (Å²) < 4.78 is 5.38. The number of rotatable bonds is 7. The molecule has 0 fully saturated rings. The topological polar surface area (TPSA) is 50.4 Å². The molecule has 22 heavy (non-hydrogen) atoms. The first-order valence-corrected chi connectivity index (χ1v) is 7.57. The van der Waals surface area contributed by atoms with E-state index in [2.05, 4.69) is 17.6 Å². The van der Waals surface area contributed by atoms with Crippen molar-refractivity contribution in [1.82, 2.24) is 5.32 Å². The summed E-state index contributed by atoms with van der Waals surface area (Å²) in [5.41, 5.74) is 2.52. The summed E-state index contributed by atoms with van der Waals surface area (Å²) in [6.45, 7) is 6.23. The predicted molar refractivity (Wildman–Crippen MR) is 89.4 cm³/mol. The molecule has 0 aliphatic heterocycles. The van der Waals surface area contributed by atoms with Gasteiger partial charge >= 0.3 is 0 Å². The minimum atomic E-state index is -0.119. The zero-order valence-electron chi connectivity index (χ0n) is 13.1. The van der Waals surface area contributed by atoms with Gasteiger partial charge in [-0.15, -0.1) is 0 Å². The van der Waals surface area contributed by atoms with Crippen LogP contribution in [0.25, 0.3) is 0 Å². The molecular formula is C18H22N2O2. The number of amides is 1. The van der Waals surface area contributed by atoms with Crippen molar-refractivity contribution in [3.8, 4) is 5.75 Å². The van der Waals surface area contributed by atoms with E-state index in [-0.39, 0.29) is 5.91 Å². The second kappa shape index (κ2) is 8.20. The molecule has 116 valence electrons. The van der Waals surface area contributed by atoms with Gasteiger partial charge in [0.2, 0.25) is 0 Å². The van der Waals surface area contributed by atoms with Crippen molar-refractivity contribution in [3.05, 3.63) is 59.7 Å². The van der Waals surface area contributed by atoms with E-state index in [1.54, 1.807) is 12.1 Å². The molecule has 1 amide bonds. The molecule has 2 aromatic carbocycles. The fraction of sp³-hybridized carbons (Fsp3) is 0.278. The molecule has 0 spiro atoms. The lowest BCUT2D eigenvalue weighted by atomic mass is 10.1. The highest BCUT2D eigenvalue weighted by Crippen LogP contribution is 2.17. The molecule has 4 nitrogen and oxygen atoms in total. The van der Waals surface area contributed by atoms with Crippen molar-refractivity contribution in [1.29, 1.82) is 0 Å². The van der Waals surface area contributed by atoms with Crippen molar-refractivity contribution in [2.75, 3.05) is 18.5 Å². The van der Waals surface area contributed by atoms with E-state index in [9.17, 15) is 4.79 Å². The summed E-state index contributed by atoms with van der Waals surface area (Å²) in [6.07, 6.45) is 0. The van der Waals surface area contributed by atoms with Crippen molar-refractivity contribution < 1.29 is 9.53 Å². The van der Waals surface area contributed by atoms with Gasteiger partial charge in [0, 0.05) is 17.8 Å². The fourth-order valence-corrected chi connectivity index (χ4v) is 2.12. The van der Waals surface area contributed by atoms with Gasteiger partial charge in [-0.1, -0.05) is 25.1 Å². The Balaban J connectivity index is 2.08. The van der Waals surface area contributed by atoms with Crippen LogP contribution in [0.2, 0.25) is 0 Å². The molecule has 4 heteroatoms. The smallest absolute Gasteiger partial charge is 0.255 e. The summed E-state index contributed by atoms with van der Waals surface area (Å²) in [6, 6.07) is 15.0. The zero-order chi connectivity index (χ0) is 15.8. The molecule has 0 atom stereocenters. The molecule has 2 aromatic rings. The summed E-state index contributed by atoms with van der Waals surface area (Å²) in [7, 11) is 0. The Kier molecular flexibility index (Phi) is 5.98. The summed E-state index contributed by atoms with van der Waals surface area (Å²) in [5, 5.41) is 6.24. The highest BCUT2D eigenvalue weighted by Gasteiger charge is 2.09. The predicted octanol–water partition coefficient (Wildman–Crippen LogP) is 3.45. The quantitative estimate of drug-likeness (QED) is 0.823. The lowest BCUT2D eigenvalue weighted by Gasteiger charge is -2.11. The van der Waals surface area contributed by atoms with Crippen molar-refractivity contribution in [2.24, 2.45) is 0 Å². The van der Waals surface area contributed by atoms with Crippen LogP contribution in [0, 0.1) is 0 Å². The van der Waals surface area contributed by atoms with Crippen LogP contribution in [0.5, 0.6) is 5.75 Å². The molecule has 2 rings (SSSR count). The summed E-state index contributed by atoms with van der Waals surface area (Å²) in [4.78, 5) is 12.3. The van der Waals surface area contributed by atoms with Crippen LogP contribution in [-0.4, -0.2) is 19.1 Å². The van der Waals surface area contributed by atoms with Crippen LogP contribution in [0.3, 0.4) is 0 Å². The fourth-order valence-electron chi connectivity index (χ4n) is 2.12. The molecule has 0 bridgehead atoms. The number of para-hydroxylation sites is 1. The van der Waals surface area contributed by atoms with Gasteiger partial charge in [0.1, 0.15) is 5.75 Å². The van der Waals surface area contributed by atoms with Gasteiger partial charge in [0.25, 0.3) is 5.91 Å². The van der Waals surface area contributed by atoms with E-state index in [4.69, 9.17) is 4.74 Å². The number of hydrogen-bond donors (Lipinski definition) is 2. The van der Waals surface area contributed by atoms with E-state index < -0.39 is 0 Å². The van der Waals surface area contributed by atoms with Crippen LogP contribution in [0.4, 0.5) is 5.69 Å². The Morgan fingerprint density at radius 2 is 1.77 bits per heavy atom. The number of carbonyl (C=O) groups excluding carboxylic acids is 1. The third-order valence-electron chi connectivity index (χ3n) is 3.26. The lowest BCUT2D eigenvalue weighted by Crippen LogP contribution is -2.17. The monoisotopic (exact) mass is 298 g/mol. The minimum Gasteiger partial charge on any atom is -0.494 e. The van der Waals surface area contributed by atoms with Gasteiger partial charge in [0.15, 0.2) is 0 Å². The second-order valence-electron chi connectivity index (χ2n) is 4.85. The maximum absolute atomic E-state index is 12.3. The number of ether oxygens (including phenoxy) is 1. The van der Waals surface area contributed by atoms with Crippen LogP contribution < -0.4 is 15.4 Å². The Morgan fingerprint density at radius 1 is 1.05 bits per heavy atom. The number of hydrogen-bond acceptors (Lipinski definition) is 3. The van der Waals surface area contributed by atoms with Crippen molar-refractivity contribution in [3.63, 3.8) is 0 Å². The molecular weight excluding hydrogens is 276 g/mol. The maximum Gasteiger partial charge on any atom is 0.255 e. The molecule has 0 unspecified atom stereocenters. The van der Waals surface area contributed by atoms with Gasteiger partial charge in [-0.05, 0) is 49.4 Å². The minimum absolute atomic E-state index is 0.119. The molecule has 2 N–H and O–H groups in total. The van der Waals surface area contributed by atoms with Crippen LogP contribution in [0.15, 0.2) is 48.5 Å². The van der Waals surface area contributed by atoms with E-state index in [1.807, 2.05) is 43.3 Å². The molecule has 0 saturated carbocycles. The van der Waals surface area contributed by atoms with Gasteiger partial charge < -0.3 is 15.4 Å². The third kappa shape index (κ3) is 4.33. The van der Waals surface area contributed by atoms with Crippen LogP contribution >= 0.6 is 0 Å². The first kappa shape index (κ1) is 16.0. The largest absolute Gasteiger partial charge is 0.494 e. The van der Waals surface area contributed by atoms with Crippen molar-refractivity contribution >= 4 is 11.6 Å². The number of carbonyl (C=O) groups is 1. The van der Waals surface area contributed by atoms with E-state index in [0.29, 0.717) is 12.2 Å². The third-order valence-corrected chi connectivity index (χ3v) is 3.26. The molecule has 0 aliphatic rings. The average Bonchev–Trinajstić information content (AvgIpc) is 2.55. The number of benzene rings is 2. The average molecular weight is 298 g/mol. The summed E-state index contributed by atoms with van der Waals surface area (Å²) >= 11 is 0. The summed E-state index contributed by atoms with van der Waals surface area (Å²) in [5.74, 6) is 0.651. The Labute approximate surface area is 131 Å². The standard InChI is InChI=1S/C18H22N2O2/c1-3-19-13-15-7-5-6-8-17(15)20-18(21)14-9-11-16(12-10-14)22-4-2/h5-12,19H,3-4,13H2,1-2H3,(H,20,21). The SMILES string of the molecule is CCNCc1ccccc1NC(=O)c1ccc(OCC)cc1. The number of anilines is 1. The Hall–Kier alpha value is -2.33. The van der Waals surface area contributed by atoms with E-state index >= 15 is 0 Å². The first-order valence-electron chi connectivity index (χ1n) is 7.57. The molecule has 0 heterocycles. The van der Waals surface area contributed by atoms with Crippen LogP contribution in [-0.2, 0) is 6.54 Å². The highest BCUT2D eigenvalue weighted by atomic mass is 16.5. The normalized spacial score (nSPS) is 10.3. The zero-order valence-corrected chi connectivity index (χ0v) is 13.1. The Morgan fingerprint density at radius 3 is 2.45 bits per heavy atom.